The highest BCUT2D eigenvalue weighted by Crippen LogP contribution is 2.23. The van der Waals surface area contributed by atoms with Crippen LogP contribution in [0.4, 0.5) is 5.82 Å². The van der Waals surface area contributed by atoms with Crippen LogP contribution in [0.25, 0.3) is 10.9 Å². The van der Waals surface area contributed by atoms with Gasteiger partial charge in [0.1, 0.15) is 5.82 Å². The van der Waals surface area contributed by atoms with Crippen LogP contribution in [0.3, 0.4) is 0 Å². The molecular weight excluding hydrogens is 200 g/mol. The molecule has 0 atom stereocenters. The van der Waals surface area contributed by atoms with Crippen LogP contribution >= 0.6 is 0 Å². The summed E-state index contributed by atoms with van der Waals surface area (Å²) in [5, 5.41) is 1.00. The van der Waals surface area contributed by atoms with Gasteiger partial charge in [-0.2, -0.15) is 0 Å². The molecule has 0 saturated heterocycles. The van der Waals surface area contributed by atoms with Crippen molar-refractivity contribution in [2.45, 2.75) is 26.7 Å². The number of hydrogen-bond acceptors (Lipinski definition) is 4. The predicted octanol–water partition coefficient (Wildman–Crippen LogP) is 2.18. The summed E-state index contributed by atoms with van der Waals surface area (Å²) in [6.45, 7) is 4.14. The molecule has 0 aliphatic carbocycles. The molecule has 0 fully saturated rings. The smallest absolute Gasteiger partial charge is 0.151 e. The molecule has 1 aromatic heterocycles. The maximum atomic E-state index is 5.51. The van der Waals surface area contributed by atoms with Crippen molar-refractivity contribution in [2.24, 2.45) is 5.84 Å². The van der Waals surface area contributed by atoms with E-state index in [0.29, 0.717) is 5.82 Å². The van der Waals surface area contributed by atoms with Crippen LogP contribution < -0.4 is 11.3 Å². The van der Waals surface area contributed by atoms with E-state index in [1.54, 1.807) is 0 Å². The zero-order valence-electron chi connectivity index (χ0n) is 9.62. The molecule has 2 aromatic rings. The molecule has 1 heterocycles. The summed E-state index contributed by atoms with van der Waals surface area (Å²) in [6.07, 6.45) is 1.90. The van der Waals surface area contributed by atoms with Crippen molar-refractivity contribution >= 4 is 16.7 Å². The first kappa shape index (κ1) is 10.8. The molecule has 0 amide bonds. The van der Waals surface area contributed by atoms with Crippen LogP contribution in [0.1, 0.15) is 24.7 Å². The second kappa shape index (κ2) is 4.45. The number of nitrogens with zero attached hydrogens (tertiary/aromatic N) is 2. The van der Waals surface area contributed by atoms with Crippen molar-refractivity contribution in [3.63, 3.8) is 0 Å². The Labute approximate surface area is 94.9 Å². The van der Waals surface area contributed by atoms with Crippen molar-refractivity contribution in [1.29, 1.82) is 0 Å². The van der Waals surface area contributed by atoms with Crippen molar-refractivity contribution in [3.05, 3.63) is 29.6 Å². The molecule has 16 heavy (non-hydrogen) atoms. The SMILES string of the molecule is CCCc1nc(NN)c2c(C)cccc2n1. The number of aryl methyl sites for hydroxylation is 2. The van der Waals surface area contributed by atoms with Crippen molar-refractivity contribution < 1.29 is 0 Å². The fourth-order valence-corrected chi connectivity index (χ4v) is 1.84. The highest BCUT2D eigenvalue weighted by molar-refractivity contribution is 5.91. The van der Waals surface area contributed by atoms with E-state index in [0.717, 1.165) is 35.1 Å². The maximum Gasteiger partial charge on any atom is 0.151 e. The molecule has 1 aromatic carbocycles. The molecule has 0 aliphatic heterocycles. The Morgan fingerprint density at radius 2 is 2.12 bits per heavy atom. The van der Waals surface area contributed by atoms with Crippen molar-refractivity contribution in [3.8, 4) is 0 Å². The van der Waals surface area contributed by atoms with Gasteiger partial charge in [0.05, 0.1) is 5.52 Å². The van der Waals surface area contributed by atoms with Crippen LogP contribution in [0.5, 0.6) is 0 Å². The van der Waals surface area contributed by atoms with Gasteiger partial charge in [0.15, 0.2) is 5.82 Å². The molecule has 4 nitrogen and oxygen atoms in total. The largest absolute Gasteiger partial charge is 0.308 e. The van der Waals surface area contributed by atoms with Gasteiger partial charge in [-0.05, 0) is 25.0 Å². The monoisotopic (exact) mass is 216 g/mol. The standard InChI is InChI=1S/C12H16N4/c1-3-5-10-14-9-7-4-6-8(2)11(9)12(15-10)16-13/h4,6-7H,3,5,13H2,1-2H3,(H,14,15,16). The molecule has 2 rings (SSSR count). The molecule has 0 bridgehead atoms. The number of fused-ring (bicyclic) bond motifs is 1. The number of nitrogens with one attached hydrogen (secondary N) is 1. The molecule has 0 radical (unpaired) electrons. The molecule has 3 N–H and O–H groups in total. The lowest BCUT2D eigenvalue weighted by molar-refractivity contribution is 0.844. The summed E-state index contributed by atoms with van der Waals surface area (Å²) in [7, 11) is 0. The van der Waals surface area contributed by atoms with Gasteiger partial charge in [-0.3, -0.25) is 0 Å². The molecule has 4 heteroatoms. The van der Waals surface area contributed by atoms with Crippen LogP contribution in [0.15, 0.2) is 18.2 Å². The average Bonchev–Trinajstić information content (AvgIpc) is 2.28. The molecule has 0 unspecified atom stereocenters. The zero-order valence-corrected chi connectivity index (χ0v) is 9.62. The quantitative estimate of drug-likeness (QED) is 0.609. The molecule has 84 valence electrons. The summed E-state index contributed by atoms with van der Waals surface area (Å²) in [5.41, 5.74) is 4.74. The molecule has 0 aliphatic rings. The first-order chi connectivity index (χ1) is 7.76. The third-order valence-corrected chi connectivity index (χ3v) is 2.59. The zero-order chi connectivity index (χ0) is 11.5. The number of rotatable bonds is 3. The Morgan fingerprint density at radius 1 is 1.31 bits per heavy atom. The summed E-state index contributed by atoms with van der Waals surface area (Å²) in [4.78, 5) is 8.95. The number of hydrogen-bond donors (Lipinski definition) is 2. The van der Waals surface area contributed by atoms with Gasteiger partial charge in [-0.15, -0.1) is 0 Å². The number of aromatic nitrogens is 2. The van der Waals surface area contributed by atoms with Crippen LogP contribution in [-0.2, 0) is 6.42 Å². The number of benzene rings is 1. The summed E-state index contributed by atoms with van der Waals surface area (Å²) in [5.74, 6) is 7.07. The molecular formula is C12H16N4. The molecule has 0 saturated carbocycles. The Balaban J connectivity index is 2.68. The normalized spacial score (nSPS) is 10.7. The average molecular weight is 216 g/mol. The molecule has 0 spiro atoms. The second-order valence-corrected chi connectivity index (χ2v) is 3.85. The van der Waals surface area contributed by atoms with E-state index in [1.807, 2.05) is 25.1 Å². The van der Waals surface area contributed by atoms with E-state index in [-0.39, 0.29) is 0 Å². The lowest BCUT2D eigenvalue weighted by Crippen LogP contribution is -2.11. The van der Waals surface area contributed by atoms with Crippen LogP contribution in [0.2, 0.25) is 0 Å². The second-order valence-electron chi connectivity index (χ2n) is 3.85. The highest BCUT2D eigenvalue weighted by Gasteiger charge is 2.08. The van der Waals surface area contributed by atoms with E-state index in [4.69, 9.17) is 5.84 Å². The van der Waals surface area contributed by atoms with Gasteiger partial charge < -0.3 is 5.43 Å². The van der Waals surface area contributed by atoms with E-state index in [9.17, 15) is 0 Å². The van der Waals surface area contributed by atoms with Crippen molar-refractivity contribution in [1.82, 2.24) is 9.97 Å². The number of hydrazine groups is 1. The fraction of sp³-hybridized carbons (Fsp3) is 0.333. The minimum atomic E-state index is 0.714. The predicted molar refractivity (Wildman–Crippen MR) is 66.1 cm³/mol. The fourth-order valence-electron chi connectivity index (χ4n) is 1.84. The van der Waals surface area contributed by atoms with Crippen LogP contribution in [-0.4, -0.2) is 9.97 Å². The first-order valence-electron chi connectivity index (χ1n) is 5.49. The minimum Gasteiger partial charge on any atom is -0.308 e. The maximum absolute atomic E-state index is 5.51. The Hall–Kier alpha value is -1.68. The Morgan fingerprint density at radius 3 is 2.81 bits per heavy atom. The van der Waals surface area contributed by atoms with Gasteiger partial charge in [0.2, 0.25) is 0 Å². The number of nitrogens with two attached hydrogens (primary N) is 1. The van der Waals surface area contributed by atoms with E-state index in [1.165, 1.54) is 0 Å². The number of nitrogen functional groups attached to an aromatic ring is 1. The Bertz CT molecular complexity index is 508. The summed E-state index contributed by atoms with van der Waals surface area (Å²) >= 11 is 0. The third kappa shape index (κ3) is 1.84. The van der Waals surface area contributed by atoms with Gasteiger partial charge in [0.25, 0.3) is 0 Å². The number of anilines is 1. The highest BCUT2D eigenvalue weighted by atomic mass is 15.3. The van der Waals surface area contributed by atoms with Gasteiger partial charge in [0, 0.05) is 11.8 Å². The van der Waals surface area contributed by atoms with E-state index in [2.05, 4.69) is 22.3 Å². The van der Waals surface area contributed by atoms with Gasteiger partial charge in [-0.1, -0.05) is 19.1 Å². The van der Waals surface area contributed by atoms with Crippen LogP contribution in [0, 0.1) is 6.92 Å². The Kier molecular flexibility index (Phi) is 3.01. The summed E-state index contributed by atoms with van der Waals surface area (Å²) < 4.78 is 0. The van der Waals surface area contributed by atoms with E-state index < -0.39 is 0 Å². The lowest BCUT2D eigenvalue weighted by atomic mass is 10.1. The third-order valence-electron chi connectivity index (χ3n) is 2.59. The van der Waals surface area contributed by atoms with Crippen molar-refractivity contribution in [2.75, 3.05) is 5.43 Å². The van der Waals surface area contributed by atoms with Gasteiger partial charge in [-0.25, -0.2) is 15.8 Å². The van der Waals surface area contributed by atoms with E-state index >= 15 is 0 Å². The minimum absolute atomic E-state index is 0.714. The summed E-state index contributed by atoms with van der Waals surface area (Å²) in [6, 6.07) is 6.02. The first-order valence-corrected chi connectivity index (χ1v) is 5.49. The van der Waals surface area contributed by atoms with Gasteiger partial charge >= 0.3 is 0 Å². The lowest BCUT2D eigenvalue weighted by Gasteiger charge is -2.09. The topological polar surface area (TPSA) is 63.8 Å².